The van der Waals surface area contributed by atoms with Crippen molar-refractivity contribution in [3.8, 4) is 0 Å². The first kappa shape index (κ1) is 11.7. The van der Waals surface area contributed by atoms with E-state index >= 15 is 0 Å². The quantitative estimate of drug-likeness (QED) is 0.867. The number of fused-ring (bicyclic) bond motifs is 3. The van der Waals surface area contributed by atoms with E-state index in [1.165, 1.54) is 6.07 Å². The van der Waals surface area contributed by atoms with E-state index < -0.39 is 11.6 Å². The molecule has 0 spiro atoms. The molecule has 4 heteroatoms. The smallest absolute Gasteiger partial charge is 0.150 e. The van der Waals surface area contributed by atoms with Crippen molar-refractivity contribution in [3.63, 3.8) is 0 Å². The van der Waals surface area contributed by atoms with Crippen LogP contribution in [0.25, 0.3) is 10.9 Å². The number of hydrogen-bond acceptors (Lipinski definition) is 1. The minimum atomic E-state index is -0.505. The molecule has 2 nitrogen and oxygen atoms in total. The van der Waals surface area contributed by atoms with Crippen LogP contribution in [0.3, 0.4) is 0 Å². The van der Waals surface area contributed by atoms with Gasteiger partial charge in [0.05, 0.1) is 5.52 Å². The SMILES string of the molecule is CCCN1CCc2[nH]c3c(F)cc(F)cc3c2C1. The zero-order valence-electron chi connectivity index (χ0n) is 10.4. The minimum absolute atomic E-state index is 0.444. The molecule has 0 saturated carbocycles. The van der Waals surface area contributed by atoms with Gasteiger partial charge < -0.3 is 4.98 Å². The summed E-state index contributed by atoms with van der Waals surface area (Å²) >= 11 is 0. The average molecular weight is 250 g/mol. The number of nitrogens with one attached hydrogen (secondary N) is 1. The molecule has 0 bridgehead atoms. The maximum absolute atomic E-state index is 13.7. The summed E-state index contributed by atoms with van der Waals surface area (Å²) in [4.78, 5) is 5.44. The van der Waals surface area contributed by atoms with E-state index in [2.05, 4.69) is 16.8 Å². The van der Waals surface area contributed by atoms with Gasteiger partial charge in [-0.2, -0.15) is 0 Å². The second-order valence-electron chi connectivity index (χ2n) is 4.92. The van der Waals surface area contributed by atoms with Crippen LogP contribution in [0.4, 0.5) is 8.78 Å². The molecule has 0 atom stereocenters. The van der Waals surface area contributed by atoms with E-state index in [-0.39, 0.29) is 0 Å². The molecule has 0 unspecified atom stereocenters. The lowest BCUT2D eigenvalue weighted by atomic mass is 10.0. The number of benzene rings is 1. The molecule has 1 N–H and O–H groups in total. The summed E-state index contributed by atoms with van der Waals surface area (Å²) in [5.74, 6) is -1.00. The molecule has 0 aliphatic carbocycles. The third-order valence-corrected chi connectivity index (χ3v) is 3.62. The molecule has 96 valence electrons. The van der Waals surface area contributed by atoms with E-state index in [1.54, 1.807) is 0 Å². The number of aromatic nitrogens is 1. The molecule has 0 saturated heterocycles. The highest BCUT2D eigenvalue weighted by molar-refractivity contribution is 5.85. The molecule has 1 aromatic carbocycles. The molecule has 18 heavy (non-hydrogen) atoms. The van der Waals surface area contributed by atoms with E-state index in [1.807, 2.05) is 0 Å². The summed E-state index contributed by atoms with van der Waals surface area (Å²) in [6.07, 6.45) is 1.98. The molecular formula is C14H16F2N2. The molecule has 3 rings (SSSR count). The molecule has 1 aliphatic rings. The number of nitrogens with zero attached hydrogens (tertiary/aromatic N) is 1. The van der Waals surface area contributed by atoms with Crippen molar-refractivity contribution in [2.45, 2.75) is 26.3 Å². The van der Waals surface area contributed by atoms with Crippen LogP contribution >= 0.6 is 0 Å². The van der Waals surface area contributed by atoms with Crippen molar-refractivity contribution in [2.24, 2.45) is 0 Å². The predicted molar refractivity (Wildman–Crippen MR) is 67.5 cm³/mol. The Bertz CT molecular complexity index is 589. The summed E-state index contributed by atoms with van der Waals surface area (Å²) < 4.78 is 27.0. The van der Waals surface area contributed by atoms with Gasteiger partial charge in [-0.15, -0.1) is 0 Å². The van der Waals surface area contributed by atoms with E-state index in [9.17, 15) is 8.78 Å². The minimum Gasteiger partial charge on any atom is -0.356 e. The first-order valence-electron chi connectivity index (χ1n) is 6.40. The third kappa shape index (κ3) is 1.81. The highest BCUT2D eigenvalue weighted by Gasteiger charge is 2.21. The van der Waals surface area contributed by atoms with Crippen molar-refractivity contribution in [1.29, 1.82) is 0 Å². The van der Waals surface area contributed by atoms with Crippen LogP contribution in [0.15, 0.2) is 12.1 Å². The first-order valence-corrected chi connectivity index (χ1v) is 6.40. The number of halogens is 2. The summed E-state index contributed by atoms with van der Waals surface area (Å²) in [7, 11) is 0. The van der Waals surface area contributed by atoms with Crippen LogP contribution in [0.5, 0.6) is 0 Å². The highest BCUT2D eigenvalue weighted by atomic mass is 19.1. The molecule has 1 aliphatic heterocycles. The third-order valence-electron chi connectivity index (χ3n) is 3.62. The van der Waals surface area contributed by atoms with Crippen molar-refractivity contribution < 1.29 is 8.78 Å². The second kappa shape index (κ2) is 4.35. The monoisotopic (exact) mass is 250 g/mol. The highest BCUT2D eigenvalue weighted by Crippen LogP contribution is 2.29. The van der Waals surface area contributed by atoms with Crippen LogP contribution < -0.4 is 0 Å². The van der Waals surface area contributed by atoms with Gasteiger partial charge in [0.2, 0.25) is 0 Å². The van der Waals surface area contributed by atoms with Gasteiger partial charge in [-0.1, -0.05) is 6.92 Å². The Balaban J connectivity index is 2.09. The Morgan fingerprint density at radius 2 is 2.17 bits per heavy atom. The molecule has 0 radical (unpaired) electrons. The molecule has 1 aromatic heterocycles. The Morgan fingerprint density at radius 1 is 1.33 bits per heavy atom. The molecular weight excluding hydrogens is 234 g/mol. The van der Waals surface area contributed by atoms with Crippen LogP contribution in [-0.2, 0) is 13.0 Å². The van der Waals surface area contributed by atoms with Crippen LogP contribution in [0.1, 0.15) is 24.6 Å². The van der Waals surface area contributed by atoms with E-state index in [0.717, 1.165) is 49.8 Å². The van der Waals surface area contributed by atoms with Gasteiger partial charge in [0.25, 0.3) is 0 Å². The lowest BCUT2D eigenvalue weighted by molar-refractivity contribution is 0.255. The van der Waals surface area contributed by atoms with Crippen molar-refractivity contribution >= 4 is 10.9 Å². The number of hydrogen-bond donors (Lipinski definition) is 1. The number of aromatic amines is 1. The summed E-state index contributed by atoms with van der Waals surface area (Å²) in [5.41, 5.74) is 2.56. The van der Waals surface area contributed by atoms with E-state index in [4.69, 9.17) is 0 Å². The Hall–Kier alpha value is -1.42. The van der Waals surface area contributed by atoms with Gasteiger partial charge in [0.1, 0.15) is 11.6 Å². The Kier molecular flexibility index (Phi) is 2.82. The van der Waals surface area contributed by atoms with Gasteiger partial charge in [-0.05, 0) is 24.6 Å². The fourth-order valence-electron chi connectivity index (χ4n) is 2.80. The normalized spacial score (nSPS) is 16.2. The van der Waals surface area contributed by atoms with Crippen molar-refractivity contribution in [1.82, 2.24) is 9.88 Å². The van der Waals surface area contributed by atoms with Crippen LogP contribution in [-0.4, -0.2) is 23.0 Å². The Labute approximate surface area is 105 Å². The number of H-pyrrole nitrogens is 1. The Morgan fingerprint density at radius 3 is 2.94 bits per heavy atom. The second-order valence-corrected chi connectivity index (χ2v) is 4.92. The lowest BCUT2D eigenvalue weighted by Crippen LogP contribution is -2.30. The first-order chi connectivity index (χ1) is 8.69. The van der Waals surface area contributed by atoms with Crippen LogP contribution in [0, 0.1) is 11.6 Å². The zero-order valence-corrected chi connectivity index (χ0v) is 10.4. The standard InChI is InChI=1S/C14H16F2N2/c1-2-4-18-5-3-13-11(8-18)10-6-9(15)7-12(16)14(10)17-13/h6-7,17H,2-5,8H2,1H3. The van der Waals surface area contributed by atoms with Crippen molar-refractivity contribution in [3.05, 3.63) is 35.0 Å². The van der Waals surface area contributed by atoms with Gasteiger partial charge in [-0.3, -0.25) is 4.90 Å². The predicted octanol–water partition coefficient (Wildman–Crippen LogP) is 3.21. The molecule has 0 fully saturated rings. The lowest BCUT2D eigenvalue weighted by Gasteiger charge is -2.26. The van der Waals surface area contributed by atoms with E-state index in [0.29, 0.717) is 10.9 Å². The molecule has 2 aromatic rings. The number of rotatable bonds is 2. The molecule has 2 heterocycles. The average Bonchev–Trinajstić information content (AvgIpc) is 2.68. The molecule has 0 amide bonds. The van der Waals surface area contributed by atoms with Crippen molar-refractivity contribution in [2.75, 3.05) is 13.1 Å². The maximum Gasteiger partial charge on any atom is 0.150 e. The summed E-state index contributed by atoms with van der Waals surface area (Å²) in [5, 5.41) is 0.698. The fourth-order valence-corrected chi connectivity index (χ4v) is 2.80. The van der Waals surface area contributed by atoms with Gasteiger partial charge in [-0.25, -0.2) is 8.78 Å². The van der Waals surface area contributed by atoms with Gasteiger partial charge >= 0.3 is 0 Å². The summed E-state index contributed by atoms with van der Waals surface area (Å²) in [6, 6.07) is 2.37. The fraction of sp³-hybridized carbons (Fsp3) is 0.429. The topological polar surface area (TPSA) is 19.0 Å². The van der Waals surface area contributed by atoms with Gasteiger partial charge in [0.15, 0.2) is 0 Å². The largest absolute Gasteiger partial charge is 0.356 e. The zero-order chi connectivity index (χ0) is 12.7. The summed E-state index contributed by atoms with van der Waals surface area (Å²) in [6.45, 7) is 4.94. The van der Waals surface area contributed by atoms with Gasteiger partial charge in [0, 0.05) is 36.7 Å². The van der Waals surface area contributed by atoms with Crippen LogP contribution in [0.2, 0.25) is 0 Å². The maximum atomic E-state index is 13.7.